The second kappa shape index (κ2) is 5.76. The molecule has 5 heteroatoms. The van der Waals surface area contributed by atoms with Crippen molar-refractivity contribution >= 4 is 29.3 Å². The van der Waals surface area contributed by atoms with Crippen molar-refractivity contribution in [3.63, 3.8) is 0 Å². The predicted molar refractivity (Wildman–Crippen MR) is 72.3 cm³/mol. The maximum absolute atomic E-state index is 11.9. The van der Waals surface area contributed by atoms with E-state index < -0.39 is 0 Å². The average molecular weight is 271 g/mol. The first-order chi connectivity index (χ1) is 8.18. The molecule has 92 valence electrons. The molecule has 2 atom stereocenters. The van der Waals surface area contributed by atoms with Gasteiger partial charge in [0.05, 0.1) is 12.1 Å². The number of thioether (sulfide) groups is 1. The van der Waals surface area contributed by atoms with Crippen LogP contribution in [0.15, 0.2) is 24.3 Å². The van der Waals surface area contributed by atoms with Crippen LogP contribution in [0.4, 0.5) is 0 Å². The van der Waals surface area contributed by atoms with Crippen LogP contribution in [0.2, 0.25) is 5.02 Å². The molecule has 1 heterocycles. The molecule has 0 radical (unpaired) electrons. The van der Waals surface area contributed by atoms with Crippen LogP contribution in [0.5, 0.6) is 0 Å². The summed E-state index contributed by atoms with van der Waals surface area (Å²) in [5.41, 5.74) is 0.952. The van der Waals surface area contributed by atoms with Crippen LogP contribution in [0.25, 0.3) is 0 Å². The van der Waals surface area contributed by atoms with E-state index in [4.69, 9.17) is 11.6 Å². The third-order valence-corrected chi connectivity index (χ3v) is 4.05. The van der Waals surface area contributed by atoms with Crippen molar-refractivity contribution in [2.45, 2.75) is 19.0 Å². The van der Waals surface area contributed by atoms with Gasteiger partial charge in [-0.3, -0.25) is 10.1 Å². The lowest BCUT2D eigenvalue weighted by atomic mass is 10.1. The largest absolute Gasteiger partial charge is 0.348 e. The average Bonchev–Trinajstić information content (AvgIpc) is 2.82. The molecule has 0 spiro atoms. The summed E-state index contributed by atoms with van der Waals surface area (Å²) in [6, 6.07) is 7.43. The van der Waals surface area contributed by atoms with Crippen molar-refractivity contribution in [2.24, 2.45) is 0 Å². The lowest BCUT2D eigenvalue weighted by molar-refractivity contribution is -0.123. The molecule has 1 fully saturated rings. The maximum atomic E-state index is 11.9. The van der Waals surface area contributed by atoms with E-state index in [0.29, 0.717) is 5.02 Å². The van der Waals surface area contributed by atoms with Crippen molar-refractivity contribution in [1.29, 1.82) is 0 Å². The summed E-state index contributed by atoms with van der Waals surface area (Å²) in [6.45, 7) is 1.95. The number of nitrogens with one attached hydrogen (secondary N) is 2. The Hall–Kier alpha value is -0.710. The van der Waals surface area contributed by atoms with Gasteiger partial charge in [0, 0.05) is 16.7 Å². The predicted octanol–water partition coefficient (Wildman–Crippen LogP) is 2.18. The van der Waals surface area contributed by atoms with Gasteiger partial charge in [0.2, 0.25) is 5.91 Å². The Bertz CT molecular complexity index is 407. The van der Waals surface area contributed by atoms with Gasteiger partial charge >= 0.3 is 0 Å². The summed E-state index contributed by atoms with van der Waals surface area (Å²) in [6.07, 6.45) is 0. The third-order valence-electron chi connectivity index (χ3n) is 2.76. The Morgan fingerprint density at radius 1 is 1.59 bits per heavy atom. The SMILES string of the molecule is CC(NC(=O)C1CSCN1)c1ccccc1Cl. The molecular formula is C12H15ClN2OS. The molecule has 0 aromatic heterocycles. The fourth-order valence-corrected chi connectivity index (χ4v) is 3.02. The van der Waals surface area contributed by atoms with Crippen molar-refractivity contribution in [2.75, 3.05) is 11.6 Å². The van der Waals surface area contributed by atoms with E-state index in [0.717, 1.165) is 17.2 Å². The zero-order valence-corrected chi connectivity index (χ0v) is 11.1. The van der Waals surface area contributed by atoms with Crippen molar-refractivity contribution in [3.05, 3.63) is 34.9 Å². The molecule has 1 saturated heterocycles. The van der Waals surface area contributed by atoms with E-state index in [1.54, 1.807) is 11.8 Å². The Kier molecular flexibility index (Phi) is 4.31. The van der Waals surface area contributed by atoms with Gasteiger partial charge in [0.15, 0.2) is 0 Å². The van der Waals surface area contributed by atoms with Crippen LogP contribution >= 0.6 is 23.4 Å². The zero-order chi connectivity index (χ0) is 12.3. The highest BCUT2D eigenvalue weighted by Crippen LogP contribution is 2.22. The summed E-state index contributed by atoms with van der Waals surface area (Å²) in [4.78, 5) is 11.9. The maximum Gasteiger partial charge on any atom is 0.238 e. The van der Waals surface area contributed by atoms with Crippen LogP contribution in [-0.4, -0.2) is 23.6 Å². The molecule has 17 heavy (non-hydrogen) atoms. The summed E-state index contributed by atoms with van der Waals surface area (Å²) in [7, 11) is 0. The first-order valence-electron chi connectivity index (χ1n) is 5.54. The van der Waals surface area contributed by atoms with Crippen LogP contribution < -0.4 is 10.6 Å². The third kappa shape index (κ3) is 3.15. The van der Waals surface area contributed by atoms with E-state index in [1.165, 1.54) is 0 Å². The molecular weight excluding hydrogens is 256 g/mol. The highest BCUT2D eigenvalue weighted by atomic mass is 35.5. The lowest BCUT2D eigenvalue weighted by Crippen LogP contribution is -2.42. The van der Waals surface area contributed by atoms with Gasteiger partial charge in [-0.05, 0) is 18.6 Å². The number of amides is 1. The number of hydrogen-bond acceptors (Lipinski definition) is 3. The molecule has 1 aromatic rings. The molecule has 1 aromatic carbocycles. The van der Waals surface area contributed by atoms with Gasteiger partial charge in [-0.15, -0.1) is 11.8 Å². The molecule has 0 saturated carbocycles. The standard InChI is InChI=1S/C12H15ClN2OS/c1-8(9-4-2-3-5-10(9)13)15-12(16)11-6-17-7-14-11/h2-5,8,11,14H,6-7H2,1H3,(H,15,16). The fraction of sp³-hybridized carbons (Fsp3) is 0.417. The van der Waals surface area contributed by atoms with Gasteiger partial charge < -0.3 is 5.32 Å². The Balaban J connectivity index is 1.99. The van der Waals surface area contributed by atoms with E-state index >= 15 is 0 Å². The van der Waals surface area contributed by atoms with Crippen LogP contribution in [-0.2, 0) is 4.79 Å². The minimum atomic E-state index is -0.0788. The fourth-order valence-electron chi connectivity index (χ4n) is 1.78. The summed E-state index contributed by atoms with van der Waals surface area (Å²) < 4.78 is 0. The molecule has 0 bridgehead atoms. The second-order valence-corrected chi connectivity index (χ2v) is 5.46. The van der Waals surface area contributed by atoms with Gasteiger partial charge in [0.1, 0.15) is 0 Å². The molecule has 0 aliphatic carbocycles. The number of benzene rings is 1. The molecule has 3 nitrogen and oxygen atoms in total. The highest BCUT2D eigenvalue weighted by Gasteiger charge is 2.24. The van der Waals surface area contributed by atoms with Gasteiger partial charge in [-0.25, -0.2) is 0 Å². The van der Waals surface area contributed by atoms with Crippen molar-refractivity contribution < 1.29 is 4.79 Å². The normalized spacial score (nSPS) is 21.2. The zero-order valence-electron chi connectivity index (χ0n) is 9.57. The van der Waals surface area contributed by atoms with Gasteiger partial charge in [-0.1, -0.05) is 29.8 Å². The van der Waals surface area contributed by atoms with Crippen LogP contribution in [0, 0.1) is 0 Å². The number of halogens is 1. The number of carbonyl (C=O) groups excluding carboxylic acids is 1. The minimum absolute atomic E-state index is 0.0439. The molecule has 1 aliphatic rings. The number of hydrogen-bond donors (Lipinski definition) is 2. The second-order valence-electron chi connectivity index (χ2n) is 4.02. The number of carbonyl (C=O) groups is 1. The van der Waals surface area contributed by atoms with Crippen molar-refractivity contribution in [1.82, 2.24) is 10.6 Å². The summed E-state index contributed by atoms with van der Waals surface area (Å²) >= 11 is 7.83. The topological polar surface area (TPSA) is 41.1 Å². The first-order valence-corrected chi connectivity index (χ1v) is 7.07. The molecule has 2 unspecified atom stereocenters. The first kappa shape index (κ1) is 12.7. The van der Waals surface area contributed by atoms with Crippen LogP contribution in [0.1, 0.15) is 18.5 Å². The monoisotopic (exact) mass is 270 g/mol. The summed E-state index contributed by atoms with van der Waals surface area (Å²) in [5.74, 6) is 1.72. The van der Waals surface area contributed by atoms with E-state index in [-0.39, 0.29) is 18.0 Å². The van der Waals surface area contributed by atoms with Gasteiger partial charge in [0.25, 0.3) is 0 Å². The van der Waals surface area contributed by atoms with Crippen LogP contribution in [0.3, 0.4) is 0 Å². The molecule has 1 amide bonds. The molecule has 1 aliphatic heterocycles. The van der Waals surface area contributed by atoms with Gasteiger partial charge in [-0.2, -0.15) is 0 Å². The van der Waals surface area contributed by atoms with E-state index in [2.05, 4.69) is 10.6 Å². The smallest absolute Gasteiger partial charge is 0.238 e. The molecule has 2 rings (SSSR count). The minimum Gasteiger partial charge on any atom is -0.348 e. The number of rotatable bonds is 3. The quantitative estimate of drug-likeness (QED) is 0.885. The van der Waals surface area contributed by atoms with E-state index in [9.17, 15) is 4.79 Å². The van der Waals surface area contributed by atoms with Crippen molar-refractivity contribution in [3.8, 4) is 0 Å². The Morgan fingerprint density at radius 2 is 2.35 bits per heavy atom. The Morgan fingerprint density at radius 3 is 3.00 bits per heavy atom. The lowest BCUT2D eigenvalue weighted by Gasteiger charge is -2.18. The Labute approximate surface area is 110 Å². The van der Waals surface area contributed by atoms with E-state index in [1.807, 2.05) is 31.2 Å². The highest BCUT2D eigenvalue weighted by molar-refractivity contribution is 7.99. The summed E-state index contributed by atoms with van der Waals surface area (Å²) in [5, 5.41) is 6.81. The molecule has 2 N–H and O–H groups in total.